The third kappa shape index (κ3) is 4.22. The lowest BCUT2D eigenvalue weighted by molar-refractivity contribution is -0.153. The number of hydrogen-bond acceptors (Lipinski definition) is 5. The Labute approximate surface area is 171 Å². The molecule has 2 heterocycles. The van der Waals surface area contributed by atoms with Crippen LogP contribution < -0.4 is 15.4 Å². The molecule has 1 saturated heterocycles. The number of anilines is 2. The number of aliphatic hydroxyl groups excluding tert-OH is 1. The van der Waals surface area contributed by atoms with Gasteiger partial charge in [0.2, 0.25) is 0 Å². The average Bonchev–Trinajstić information content (AvgIpc) is 3.06. The van der Waals surface area contributed by atoms with Crippen molar-refractivity contribution in [2.75, 3.05) is 17.2 Å². The highest BCUT2D eigenvalue weighted by Crippen LogP contribution is 2.47. The van der Waals surface area contributed by atoms with E-state index in [4.69, 9.17) is 14.6 Å². The summed E-state index contributed by atoms with van der Waals surface area (Å²) in [4.78, 5) is 23.4. The van der Waals surface area contributed by atoms with Gasteiger partial charge in [-0.15, -0.1) is 0 Å². The van der Waals surface area contributed by atoms with Crippen molar-refractivity contribution in [2.45, 2.75) is 37.1 Å². The minimum Gasteiger partial charge on any atom is -0.487 e. The Kier molecular flexibility index (Phi) is 5.56. The Hall–Kier alpha value is -3.17. The molecule has 2 aliphatic rings. The molecular formula is C21H21FN2O6. The molecule has 1 fully saturated rings. The van der Waals surface area contributed by atoms with Crippen molar-refractivity contribution in [1.29, 1.82) is 0 Å². The van der Waals surface area contributed by atoms with Crippen molar-refractivity contribution in [3.63, 3.8) is 0 Å². The van der Waals surface area contributed by atoms with Gasteiger partial charge in [-0.2, -0.15) is 0 Å². The smallest absolute Gasteiger partial charge is 0.323 e. The number of carboxylic acid groups (broad SMARTS) is 1. The Morgan fingerprint density at radius 1 is 1.10 bits per heavy atom. The standard InChI is InChI=1S/C21H21FN2O6/c22-11-1-3-12(4-2-11)23-21(28)24-13-5-6-17-15(7-13)16-8-14(9-19(26)27)29-18(10-25)20(16)30-17/h1-7,14,16,18,20,25H,8-10H2,(H,26,27)(H2,23,24,28)/t14-,16+,18+,20-/m1/s1. The van der Waals surface area contributed by atoms with Gasteiger partial charge in [0.15, 0.2) is 0 Å². The predicted octanol–water partition coefficient (Wildman–Crippen LogP) is 2.94. The van der Waals surface area contributed by atoms with E-state index < -0.39 is 36.1 Å². The second-order valence-corrected chi connectivity index (χ2v) is 7.34. The highest BCUT2D eigenvalue weighted by atomic mass is 19.1. The third-order valence-corrected chi connectivity index (χ3v) is 5.26. The fourth-order valence-electron chi connectivity index (χ4n) is 3.99. The third-order valence-electron chi connectivity index (χ3n) is 5.26. The largest absolute Gasteiger partial charge is 0.487 e. The molecule has 2 amide bonds. The van der Waals surface area contributed by atoms with E-state index in [1.165, 1.54) is 24.3 Å². The number of hydrogen-bond donors (Lipinski definition) is 4. The van der Waals surface area contributed by atoms with Crippen molar-refractivity contribution in [3.05, 3.63) is 53.8 Å². The van der Waals surface area contributed by atoms with E-state index in [0.29, 0.717) is 23.5 Å². The van der Waals surface area contributed by atoms with Gasteiger partial charge in [0.25, 0.3) is 0 Å². The van der Waals surface area contributed by atoms with Crippen molar-refractivity contribution in [3.8, 4) is 5.75 Å². The summed E-state index contributed by atoms with van der Waals surface area (Å²) in [5.74, 6) is -0.903. The zero-order valence-electron chi connectivity index (χ0n) is 15.9. The highest BCUT2D eigenvalue weighted by Gasteiger charge is 2.46. The number of halogens is 1. The monoisotopic (exact) mass is 416 g/mol. The summed E-state index contributed by atoms with van der Waals surface area (Å²) in [5, 5.41) is 24.1. The maximum Gasteiger partial charge on any atom is 0.323 e. The maximum atomic E-state index is 13.0. The zero-order chi connectivity index (χ0) is 21.3. The van der Waals surface area contributed by atoms with Gasteiger partial charge in [-0.05, 0) is 48.9 Å². The summed E-state index contributed by atoms with van der Waals surface area (Å²) in [6.07, 6.45) is -1.30. The molecule has 0 saturated carbocycles. The van der Waals surface area contributed by atoms with Crippen molar-refractivity contribution >= 4 is 23.4 Å². The number of rotatable bonds is 5. The van der Waals surface area contributed by atoms with Crippen LogP contribution in [0.4, 0.5) is 20.6 Å². The molecule has 2 aromatic rings. The number of aliphatic hydroxyl groups is 1. The van der Waals surface area contributed by atoms with Crippen LogP contribution in [0.3, 0.4) is 0 Å². The van der Waals surface area contributed by atoms with Crippen LogP contribution in [0.25, 0.3) is 0 Å². The lowest BCUT2D eigenvalue weighted by atomic mass is 9.84. The molecule has 0 bridgehead atoms. The van der Waals surface area contributed by atoms with Crippen molar-refractivity contribution in [2.24, 2.45) is 0 Å². The summed E-state index contributed by atoms with van der Waals surface area (Å²) in [5.41, 5.74) is 1.81. The Morgan fingerprint density at radius 3 is 2.50 bits per heavy atom. The van der Waals surface area contributed by atoms with Crippen molar-refractivity contribution < 1.29 is 33.7 Å². The van der Waals surface area contributed by atoms with E-state index >= 15 is 0 Å². The van der Waals surface area contributed by atoms with Gasteiger partial charge >= 0.3 is 12.0 Å². The summed E-state index contributed by atoms with van der Waals surface area (Å²) < 4.78 is 24.6. The molecule has 4 atom stereocenters. The number of nitrogens with one attached hydrogen (secondary N) is 2. The van der Waals surface area contributed by atoms with E-state index in [-0.39, 0.29) is 18.9 Å². The topological polar surface area (TPSA) is 117 Å². The lowest BCUT2D eigenvalue weighted by Gasteiger charge is -2.36. The normalized spacial score (nSPS) is 24.3. The number of aliphatic carboxylic acids is 1. The second kappa shape index (κ2) is 8.29. The molecule has 0 spiro atoms. The van der Waals surface area contributed by atoms with Gasteiger partial charge in [0.1, 0.15) is 23.8 Å². The van der Waals surface area contributed by atoms with Crippen LogP contribution in [-0.2, 0) is 9.53 Å². The molecule has 158 valence electrons. The molecule has 0 unspecified atom stereocenters. The predicted molar refractivity (Wildman–Crippen MR) is 105 cm³/mol. The Balaban J connectivity index is 1.49. The first-order valence-electron chi connectivity index (χ1n) is 9.55. The number of urea groups is 1. The quantitative estimate of drug-likeness (QED) is 0.595. The first-order valence-corrected chi connectivity index (χ1v) is 9.55. The van der Waals surface area contributed by atoms with Gasteiger partial charge in [-0.3, -0.25) is 4.79 Å². The summed E-state index contributed by atoms with van der Waals surface area (Å²) in [6.45, 7) is -0.281. The number of fused-ring (bicyclic) bond motifs is 3. The first-order chi connectivity index (χ1) is 14.4. The highest BCUT2D eigenvalue weighted by molar-refractivity contribution is 5.99. The van der Waals surface area contributed by atoms with E-state index in [0.717, 1.165) is 5.56 Å². The van der Waals surface area contributed by atoms with Crippen LogP contribution in [0, 0.1) is 5.82 Å². The molecule has 0 radical (unpaired) electrons. The van der Waals surface area contributed by atoms with Crippen LogP contribution in [0.2, 0.25) is 0 Å². The molecule has 2 aromatic carbocycles. The van der Waals surface area contributed by atoms with Crippen molar-refractivity contribution in [1.82, 2.24) is 0 Å². The average molecular weight is 416 g/mol. The molecule has 2 aliphatic heterocycles. The fraction of sp³-hybridized carbons (Fsp3) is 0.333. The lowest BCUT2D eigenvalue weighted by Crippen LogP contribution is -2.46. The van der Waals surface area contributed by atoms with Crippen LogP contribution in [0.1, 0.15) is 24.3 Å². The van der Waals surface area contributed by atoms with Crippen LogP contribution >= 0.6 is 0 Å². The van der Waals surface area contributed by atoms with E-state index in [2.05, 4.69) is 10.6 Å². The van der Waals surface area contributed by atoms with Gasteiger partial charge in [0, 0.05) is 22.9 Å². The zero-order valence-corrected chi connectivity index (χ0v) is 15.9. The van der Waals surface area contributed by atoms with Gasteiger partial charge < -0.3 is 30.3 Å². The SMILES string of the molecule is O=C(O)C[C@H]1C[C@H]2c3cc(NC(=O)Nc4ccc(F)cc4)ccc3O[C@H]2[C@H](CO)O1. The molecule has 4 rings (SSSR count). The molecule has 30 heavy (non-hydrogen) atoms. The molecule has 0 aliphatic carbocycles. The van der Waals surface area contributed by atoms with Gasteiger partial charge in [-0.25, -0.2) is 9.18 Å². The molecular weight excluding hydrogens is 395 g/mol. The Morgan fingerprint density at radius 2 is 1.80 bits per heavy atom. The van der Waals surface area contributed by atoms with Crippen LogP contribution in [0.15, 0.2) is 42.5 Å². The summed E-state index contributed by atoms with van der Waals surface area (Å²) in [6, 6.07) is 10.1. The summed E-state index contributed by atoms with van der Waals surface area (Å²) in [7, 11) is 0. The summed E-state index contributed by atoms with van der Waals surface area (Å²) >= 11 is 0. The second-order valence-electron chi connectivity index (χ2n) is 7.34. The minimum absolute atomic E-state index is 0.155. The maximum absolute atomic E-state index is 13.0. The molecule has 0 aromatic heterocycles. The number of carbonyl (C=O) groups excluding carboxylic acids is 1. The number of ether oxygens (including phenoxy) is 2. The number of benzene rings is 2. The van der Waals surface area contributed by atoms with E-state index in [9.17, 15) is 19.1 Å². The van der Waals surface area contributed by atoms with Crippen LogP contribution in [0.5, 0.6) is 5.75 Å². The van der Waals surface area contributed by atoms with Gasteiger partial charge in [-0.1, -0.05) is 0 Å². The van der Waals surface area contributed by atoms with Gasteiger partial charge in [0.05, 0.1) is 19.1 Å². The number of amides is 2. The number of carboxylic acids is 1. The number of carbonyl (C=O) groups is 2. The van der Waals surface area contributed by atoms with E-state index in [1.807, 2.05) is 0 Å². The minimum atomic E-state index is -0.970. The molecule has 8 nitrogen and oxygen atoms in total. The first kappa shape index (κ1) is 20.1. The van der Waals surface area contributed by atoms with Crippen LogP contribution in [-0.4, -0.2) is 47.1 Å². The molecule has 9 heteroatoms. The fourth-order valence-corrected chi connectivity index (χ4v) is 3.99. The van der Waals surface area contributed by atoms with E-state index in [1.54, 1.807) is 18.2 Å². The molecule has 4 N–H and O–H groups in total. The Bertz CT molecular complexity index is 951.